The third-order valence-electron chi connectivity index (χ3n) is 4.50. The normalized spacial score (nSPS) is 28.6. The van der Waals surface area contributed by atoms with Crippen molar-refractivity contribution in [2.45, 2.75) is 38.1 Å². The molecule has 1 N–H and O–H groups in total. The van der Waals surface area contributed by atoms with Crippen LogP contribution in [0.1, 0.15) is 30.7 Å². The molecule has 20 heavy (non-hydrogen) atoms. The molecule has 2 fully saturated rings. The largest absolute Gasteiger partial charge is 0.480 e. The van der Waals surface area contributed by atoms with Gasteiger partial charge in [0.1, 0.15) is 6.04 Å². The van der Waals surface area contributed by atoms with Crippen molar-refractivity contribution in [2.24, 2.45) is 11.8 Å². The Morgan fingerprint density at radius 3 is 3.00 bits per heavy atom. The van der Waals surface area contributed by atoms with Crippen LogP contribution in [-0.2, 0) is 16.0 Å². The highest BCUT2D eigenvalue weighted by Crippen LogP contribution is 2.42. The van der Waals surface area contributed by atoms with Crippen molar-refractivity contribution >= 4 is 23.2 Å². The van der Waals surface area contributed by atoms with E-state index in [-0.39, 0.29) is 11.8 Å². The molecular formula is C14H18N2O3S. The first-order valence-electron chi connectivity index (χ1n) is 7.07. The first kappa shape index (κ1) is 13.5. The molecule has 1 saturated carbocycles. The Kier molecular flexibility index (Phi) is 3.74. The number of aliphatic carboxylic acids is 1. The van der Waals surface area contributed by atoms with Gasteiger partial charge in [0.05, 0.1) is 5.01 Å². The Hall–Kier alpha value is -1.43. The molecule has 0 spiro atoms. The van der Waals surface area contributed by atoms with Gasteiger partial charge in [-0.1, -0.05) is 6.42 Å². The summed E-state index contributed by atoms with van der Waals surface area (Å²) in [5, 5.41) is 12.3. The maximum Gasteiger partial charge on any atom is 0.326 e. The molecule has 3 atom stereocenters. The summed E-state index contributed by atoms with van der Waals surface area (Å²) in [6, 6.07) is -0.605. The number of rotatable bonds is 4. The van der Waals surface area contributed by atoms with Crippen molar-refractivity contribution < 1.29 is 14.7 Å². The molecule has 6 heteroatoms. The van der Waals surface area contributed by atoms with Crippen molar-refractivity contribution in [3.63, 3.8) is 0 Å². The van der Waals surface area contributed by atoms with E-state index in [4.69, 9.17) is 0 Å². The number of carbonyl (C=O) groups excluding carboxylic acids is 1. The fourth-order valence-electron chi connectivity index (χ4n) is 3.61. The second-order valence-corrected chi connectivity index (χ2v) is 6.59. The minimum Gasteiger partial charge on any atom is -0.480 e. The zero-order valence-electron chi connectivity index (χ0n) is 11.2. The summed E-state index contributed by atoms with van der Waals surface area (Å²) >= 11 is 1.53. The molecule has 5 nitrogen and oxygen atoms in total. The lowest BCUT2D eigenvalue weighted by molar-refractivity contribution is -0.149. The standard InChI is InChI=1S/C14H18N2O3S/c17-12(5-4-11-15-6-7-20-11)16-8-9-2-1-3-10(9)13(16)14(18)19/h6-7,9-10,13H,1-5,8H2,(H,18,19). The lowest BCUT2D eigenvalue weighted by atomic mass is 9.94. The molecule has 1 aliphatic carbocycles. The van der Waals surface area contributed by atoms with Crippen LogP contribution in [-0.4, -0.2) is 39.5 Å². The van der Waals surface area contributed by atoms with Crippen LogP contribution in [0, 0.1) is 11.8 Å². The van der Waals surface area contributed by atoms with Crippen LogP contribution in [0.4, 0.5) is 0 Å². The molecule has 1 aromatic rings. The summed E-state index contributed by atoms with van der Waals surface area (Å²) in [7, 11) is 0. The van der Waals surface area contributed by atoms with Gasteiger partial charge in [0, 0.05) is 31.0 Å². The molecule has 1 aromatic heterocycles. The number of thiazole rings is 1. The Bertz CT molecular complexity index is 503. The van der Waals surface area contributed by atoms with E-state index in [1.807, 2.05) is 5.38 Å². The molecule has 1 saturated heterocycles. The minimum absolute atomic E-state index is 0.0398. The predicted molar refractivity (Wildman–Crippen MR) is 74.4 cm³/mol. The third-order valence-corrected chi connectivity index (χ3v) is 5.34. The second-order valence-electron chi connectivity index (χ2n) is 5.61. The van der Waals surface area contributed by atoms with E-state index in [0.717, 1.165) is 24.3 Å². The van der Waals surface area contributed by atoms with Gasteiger partial charge in [0.2, 0.25) is 5.91 Å². The van der Waals surface area contributed by atoms with Gasteiger partial charge in [-0.3, -0.25) is 4.79 Å². The van der Waals surface area contributed by atoms with Crippen LogP contribution >= 0.6 is 11.3 Å². The SMILES string of the molecule is O=C(O)C1C2CCCC2CN1C(=O)CCc1nccs1. The molecule has 1 amide bonds. The lowest BCUT2D eigenvalue weighted by Crippen LogP contribution is -2.43. The van der Waals surface area contributed by atoms with Crippen molar-refractivity contribution in [1.29, 1.82) is 0 Å². The fourth-order valence-corrected chi connectivity index (χ4v) is 4.23. The van der Waals surface area contributed by atoms with Gasteiger partial charge in [-0.15, -0.1) is 11.3 Å². The van der Waals surface area contributed by atoms with Gasteiger partial charge in [0.25, 0.3) is 0 Å². The van der Waals surface area contributed by atoms with Crippen molar-refractivity contribution in [3.8, 4) is 0 Å². The summed E-state index contributed by atoms with van der Waals surface area (Å²) in [5.41, 5.74) is 0. The van der Waals surface area contributed by atoms with Crippen LogP contribution in [0.5, 0.6) is 0 Å². The van der Waals surface area contributed by atoms with E-state index in [1.165, 1.54) is 11.3 Å². The quantitative estimate of drug-likeness (QED) is 0.919. The molecule has 2 heterocycles. The number of hydrogen-bond donors (Lipinski definition) is 1. The van der Waals surface area contributed by atoms with Crippen LogP contribution < -0.4 is 0 Å². The number of nitrogens with zero attached hydrogens (tertiary/aromatic N) is 2. The van der Waals surface area contributed by atoms with Crippen molar-refractivity contribution in [2.75, 3.05) is 6.54 Å². The summed E-state index contributed by atoms with van der Waals surface area (Å²) in [5.74, 6) is -0.333. The number of fused-ring (bicyclic) bond motifs is 1. The first-order valence-corrected chi connectivity index (χ1v) is 7.95. The number of aromatic nitrogens is 1. The molecule has 3 unspecified atom stereocenters. The summed E-state index contributed by atoms with van der Waals surface area (Å²) in [6.07, 6.45) is 5.79. The maximum absolute atomic E-state index is 12.3. The van der Waals surface area contributed by atoms with Crippen molar-refractivity contribution in [1.82, 2.24) is 9.88 Å². The second kappa shape index (κ2) is 5.52. The van der Waals surface area contributed by atoms with E-state index in [2.05, 4.69) is 4.98 Å². The highest BCUT2D eigenvalue weighted by Gasteiger charge is 2.49. The number of hydrogen-bond acceptors (Lipinski definition) is 4. The molecule has 1 aliphatic heterocycles. The monoisotopic (exact) mass is 294 g/mol. The summed E-state index contributed by atoms with van der Waals surface area (Å²) in [6.45, 7) is 0.623. The van der Waals surface area contributed by atoms with E-state index >= 15 is 0 Å². The highest BCUT2D eigenvalue weighted by molar-refractivity contribution is 7.09. The van der Waals surface area contributed by atoms with Gasteiger partial charge in [-0.25, -0.2) is 9.78 Å². The number of carbonyl (C=O) groups is 2. The fraction of sp³-hybridized carbons (Fsp3) is 0.643. The highest BCUT2D eigenvalue weighted by atomic mass is 32.1. The van der Waals surface area contributed by atoms with Gasteiger partial charge < -0.3 is 10.0 Å². The molecule has 0 radical (unpaired) electrons. The van der Waals surface area contributed by atoms with Gasteiger partial charge in [-0.05, 0) is 24.7 Å². The Labute approximate surface area is 121 Å². The topological polar surface area (TPSA) is 70.5 Å². The predicted octanol–water partition coefficient (Wildman–Crippen LogP) is 1.79. The van der Waals surface area contributed by atoms with E-state index < -0.39 is 12.0 Å². The Morgan fingerprint density at radius 1 is 1.45 bits per heavy atom. The van der Waals surface area contributed by atoms with Gasteiger partial charge in [-0.2, -0.15) is 0 Å². The number of likely N-dealkylation sites (tertiary alicyclic amines) is 1. The number of carboxylic acids is 1. The van der Waals surface area contributed by atoms with Crippen LogP contribution in [0.15, 0.2) is 11.6 Å². The van der Waals surface area contributed by atoms with E-state index in [0.29, 0.717) is 25.3 Å². The van der Waals surface area contributed by atoms with Gasteiger partial charge >= 0.3 is 5.97 Å². The Morgan fingerprint density at radius 2 is 2.30 bits per heavy atom. The summed E-state index contributed by atoms with van der Waals surface area (Å²) < 4.78 is 0. The average Bonchev–Trinajstić information content (AvgIpc) is 3.10. The zero-order valence-corrected chi connectivity index (χ0v) is 12.0. The zero-order chi connectivity index (χ0) is 14.1. The van der Waals surface area contributed by atoms with Crippen LogP contribution in [0.2, 0.25) is 0 Å². The smallest absolute Gasteiger partial charge is 0.326 e. The molecule has 108 valence electrons. The van der Waals surface area contributed by atoms with E-state index in [1.54, 1.807) is 11.1 Å². The third kappa shape index (κ3) is 2.44. The van der Waals surface area contributed by atoms with Crippen LogP contribution in [0.3, 0.4) is 0 Å². The molecule has 2 aliphatic rings. The first-order chi connectivity index (χ1) is 9.66. The molecule has 0 bridgehead atoms. The average molecular weight is 294 g/mol. The molecule has 3 rings (SSSR count). The minimum atomic E-state index is -0.845. The maximum atomic E-state index is 12.3. The number of carboxylic acid groups (broad SMARTS) is 1. The van der Waals surface area contributed by atoms with Gasteiger partial charge in [0.15, 0.2) is 0 Å². The van der Waals surface area contributed by atoms with Crippen LogP contribution in [0.25, 0.3) is 0 Å². The number of aryl methyl sites for hydroxylation is 1. The molecule has 0 aromatic carbocycles. The Balaban J connectivity index is 1.65. The van der Waals surface area contributed by atoms with E-state index in [9.17, 15) is 14.7 Å². The van der Waals surface area contributed by atoms with Crippen molar-refractivity contribution in [3.05, 3.63) is 16.6 Å². The summed E-state index contributed by atoms with van der Waals surface area (Å²) in [4.78, 5) is 29.6. The lowest BCUT2D eigenvalue weighted by Gasteiger charge is -2.24. The number of amides is 1. The molecular weight excluding hydrogens is 276 g/mol.